The third-order valence-corrected chi connectivity index (χ3v) is 5.04. The molecule has 4 heterocycles. The number of fused-ring (bicyclic) bond motifs is 1. The van der Waals surface area contributed by atoms with Crippen molar-refractivity contribution < 1.29 is 9.47 Å². The van der Waals surface area contributed by atoms with Gasteiger partial charge in [-0.25, -0.2) is 0 Å². The van der Waals surface area contributed by atoms with E-state index in [1.165, 1.54) is 0 Å². The second-order valence-corrected chi connectivity index (χ2v) is 6.81. The first-order valence-electron chi connectivity index (χ1n) is 7.56. The number of aromatic nitrogens is 3. The first-order chi connectivity index (χ1) is 10.8. The van der Waals surface area contributed by atoms with Crippen LogP contribution in [0.2, 0.25) is 0 Å². The first kappa shape index (κ1) is 13.9. The number of nitrogens with zero attached hydrogens (tertiary/aromatic N) is 4. The SMILES string of the molecule is Cc1nnc(N2C[C@@H](Oc3cccnc3)[C@H]3OCCC[C@H]32)s1. The summed E-state index contributed by atoms with van der Waals surface area (Å²) in [5, 5.41) is 10.4. The topological polar surface area (TPSA) is 60.4 Å². The fraction of sp³-hybridized carbons (Fsp3) is 0.533. The van der Waals surface area contributed by atoms with Crippen molar-refractivity contribution in [1.82, 2.24) is 15.2 Å². The molecule has 0 aromatic carbocycles. The molecule has 2 aliphatic heterocycles. The Labute approximate surface area is 133 Å². The molecule has 2 aliphatic rings. The normalized spacial score (nSPS) is 27.7. The molecule has 4 rings (SSSR count). The van der Waals surface area contributed by atoms with Crippen LogP contribution >= 0.6 is 11.3 Å². The highest BCUT2D eigenvalue weighted by Crippen LogP contribution is 2.35. The molecule has 3 atom stereocenters. The third-order valence-electron chi connectivity index (χ3n) is 4.16. The van der Waals surface area contributed by atoms with E-state index in [-0.39, 0.29) is 12.2 Å². The largest absolute Gasteiger partial charge is 0.484 e. The van der Waals surface area contributed by atoms with Crippen LogP contribution in [0.3, 0.4) is 0 Å². The summed E-state index contributed by atoms with van der Waals surface area (Å²) in [7, 11) is 0. The van der Waals surface area contributed by atoms with Gasteiger partial charge in [0.15, 0.2) is 0 Å². The number of hydrogen-bond donors (Lipinski definition) is 0. The number of ether oxygens (including phenoxy) is 2. The molecule has 0 saturated carbocycles. The molecule has 0 amide bonds. The van der Waals surface area contributed by atoms with E-state index in [1.54, 1.807) is 23.7 Å². The fourth-order valence-corrected chi connectivity index (χ4v) is 3.98. The van der Waals surface area contributed by atoms with Crippen molar-refractivity contribution in [2.75, 3.05) is 18.1 Å². The lowest BCUT2D eigenvalue weighted by atomic mass is 10.0. The third kappa shape index (κ3) is 2.55. The van der Waals surface area contributed by atoms with Crippen LogP contribution in [0.1, 0.15) is 17.8 Å². The van der Waals surface area contributed by atoms with E-state index < -0.39 is 0 Å². The Morgan fingerprint density at radius 1 is 1.41 bits per heavy atom. The van der Waals surface area contributed by atoms with Crippen molar-refractivity contribution in [1.29, 1.82) is 0 Å². The average Bonchev–Trinajstić information content (AvgIpc) is 3.13. The highest BCUT2D eigenvalue weighted by atomic mass is 32.1. The van der Waals surface area contributed by atoms with Gasteiger partial charge in [0.1, 0.15) is 23.0 Å². The van der Waals surface area contributed by atoms with E-state index in [2.05, 4.69) is 20.1 Å². The quantitative estimate of drug-likeness (QED) is 0.863. The molecule has 7 heteroatoms. The van der Waals surface area contributed by atoms with E-state index in [9.17, 15) is 0 Å². The summed E-state index contributed by atoms with van der Waals surface area (Å²) in [5.41, 5.74) is 0. The minimum atomic E-state index is -0.00120. The van der Waals surface area contributed by atoms with E-state index in [4.69, 9.17) is 9.47 Å². The Balaban J connectivity index is 1.57. The summed E-state index contributed by atoms with van der Waals surface area (Å²) in [4.78, 5) is 6.41. The zero-order valence-corrected chi connectivity index (χ0v) is 13.2. The van der Waals surface area contributed by atoms with Gasteiger partial charge in [0, 0.05) is 12.8 Å². The monoisotopic (exact) mass is 318 g/mol. The van der Waals surface area contributed by atoms with Gasteiger partial charge in [0.25, 0.3) is 0 Å². The van der Waals surface area contributed by atoms with E-state index in [0.717, 1.165) is 41.9 Å². The van der Waals surface area contributed by atoms with Crippen molar-refractivity contribution in [3.63, 3.8) is 0 Å². The van der Waals surface area contributed by atoms with Crippen LogP contribution in [0.25, 0.3) is 0 Å². The lowest BCUT2D eigenvalue weighted by Crippen LogP contribution is -2.42. The maximum Gasteiger partial charge on any atom is 0.208 e. The van der Waals surface area contributed by atoms with Crippen LogP contribution in [0.5, 0.6) is 5.75 Å². The van der Waals surface area contributed by atoms with Gasteiger partial charge in [-0.15, -0.1) is 10.2 Å². The Hall–Kier alpha value is -1.73. The summed E-state index contributed by atoms with van der Waals surface area (Å²) in [6.45, 7) is 3.56. The Morgan fingerprint density at radius 2 is 2.36 bits per heavy atom. The molecule has 2 fully saturated rings. The smallest absolute Gasteiger partial charge is 0.208 e. The number of rotatable bonds is 3. The van der Waals surface area contributed by atoms with E-state index >= 15 is 0 Å². The van der Waals surface area contributed by atoms with Crippen LogP contribution in [-0.2, 0) is 4.74 Å². The standard InChI is InChI=1S/C15H18N4O2S/c1-10-17-18-15(22-10)19-9-13(14-12(19)5-3-7-20-14)21-11-4-2-6-16-8-11/h2,4,6,8,12-14H,3,5,7,9H2,1H3/t12-,13-,14+/m1/s1. The average molecular weight is 318 g/mol. The van der Waals surface area contributed by atoms with Crippen LogP contribution in [0.15, 0.2) is 24.5 Å². The number of pyridine rings is 1. The molecule has 2 aromatic rings. The van der Waals surface area contributed by atoms with Crippen LogP contribution in [-0.4, -0.2) is 46.6 Å². The van der Waals surface area contributed by atoms with Crippen molar-refractivity contribution in [3.8, 4) is 5.75 Å². The predicted octanol–water partition coefficient (Wildman–Crippen LogP) is 2.06. The van der Waals surface area contributed by atoms with Gasteiger partial charge >= 0.3 is 0 Å². The minimum absolute atomic E-state index is 0.00120. The molecule has 2 saturated heterocycles. The van der Waals surface area contributed by atoms with Gasteiger partial charge in [0.05, 0.1) is 18.8 Å². The molecule has 0 spiro atoms. The minimum Gasteiger partial charge on any atom is -0.484 e. The molecule has 116 valence electrons. The first-order valence-corrected chi connectivity index (χ1v) is 8.38. The van der Waals surface area contributed by atoms with E-state index in [1.807, 2.05) is 19.1 Å². The maximum absolute atomic E-state index is 6.13. The van der Waals surface area contributed by atoms with Gasteiger partial charge in [-0.1, -0.05) is 11.3 Å². The lowest BCUT2D eigenvalue weighted by molar-refractivity contribution is -0.0362. The number of aryl methyl sites for hydroxylation is 1. The summed E-state index contributed by atoms with van der Waals surface area (Å²) in [5.74, 6) is 0.788. The maximum atomic E-state index is 6.13. The Kier molecular flexibility index (Phi) is 3.67. The summed E-state index contributed by atoms with van der Waals surface area (Å²) in [6.07, 6.45) is 5.76. The van der Waals surface area contributed by atoms with Gasteiger partial charge in [-0.2, -0.15) is 0 Å². The number of anilines is 1. The van der Waals surface area contributed by atoms with Crippen molar-refractivity contribution in [2.24, 2.45) is 0 Å². The van der Waals surface area contributed by atoms with Crippen LogP contribution in [0, 0.1) is 6.92 Å². The Morgan fingerprint density at radius 3 is 3.14 bits per heavy atom. The molecule has 0 aliphatic carbocycles. The van der Waals surface area contributed by atoms with Crippen molar-refractivity contribution in [3.05, 3.63) is 29.5 Å². The highest BCUT2D eigenvalue weighted by molar-refractivity contribution is 7.15. The zero-order chi connectivity index (χ0) is 14.9. The van der Waals surface area contributed by atoms with Crippen LogP contribution in [0.4, 0.5) is 5.13 Å². The second kappa shape index (κ2) is 5.81. The van der Waals surface area contributed by atoms with Crippen molar-refractivity contribution >= 4 is 16.5 Å². The molecule has 0 radical (unpaired) electrons. The predicted molar refractivity (Wildman–Crippen MR) is 83.4 cm³/mol. The molecule has 0 N–H and O–H groups in total. The van der Waals surface area contributed by atoms with E-state index in [0.29, 0.717) is 6.04 Å². The number of hydrogen-bond acceptors (Lipinski definition) is 7. The summed E-state index contributed by atoms with van der Waals surface area (Å²) >= 11 is 1.63. The lowest BCUT2D eigenvalue weighted by Gasteiger charge is -2.31. The highest BCUT2D eigenvalue weighted by Gasteiger charge is 2.46. The van der Waals surface area contributed by atoms with Crippen LogP contribution < -0.4 is 9.64 Å². The summed E-state index contributed by atoms with van der Waals surface area (Å²) in [6, 6.07) is 4.14. The second-order valence-electron chi connectivity index (χ2n) is 5.65. The zero-order valence-electron chi connectivity index (χ0n) is 12.4. The molecule has 0 bridgehead atoms. The van der Waals surface area contributed by atoms with Gasteiger partial charge < -0.3 is 14.4 Å². The molecular formula is C15H18N4O2S. The molecule has 22 heavy (non-hydrogen) atoms. The molecule has 6 nitrogen and oxygen atoms in total. The molecule has 2 aromatic heterocycles. The van der Waals surface area contributed by atoms with Crippen molar-refractivity contribution in [2.45, 2.75) is 38.0 Å². The van der Waals surface area contributed by atoms with Gasteiger partial charge in [0.2, 0.25) is 5.13 Å². The van der Waals surface area contributed by atoms with Gasteiger partial charge in [-0.05, 0) is 31.9 Å². The molecule has 0 unspecified atom stereocenters. The summed E-state index contributed by atoms with van der Waals surface area (Å²) < 4.78 is 12.1. The molecular weight excluding hydrogens is 300 g/mol. The Bertz CT molecular complexity index is 635. The van der Waals surface area contributed by atoms with Gasteiger partial charge in [-0.3, -0.25) is 4.98 Å². The fourth-order valence-electron chi connectivity index (χ4n) is 3.23.